The van der Waals surface area contributed by atoms with Gasteiger partial charge in [0.05, 0.1) is 6.61 Å². The molecular weight excluding hydrogens is 514 g/mol. The fourth-order valence-corrected chi connectivity index (χ4v) is 3.12. The van der Waals surface area contributed by atoms with Gasteiger partial charge in [0, 0.05) is 5.92 Å². The van der Waals surface area contributed by atoms with E-state index in [0.29, 0.717) is 18.4 Å². The van der Waals surface area contributed by atoms with E-state index in [9.17, 15) is 24.3 Å². The number of carboxylic acids is 1. The number of aliphatic carboxylic acids is 1. The first kappa shape index (κ1) is 33.5. The predicted octanol–water partition coefficient (Wildman–Crippen LogP) is 5.54. The second kappa shape index (κ2) is 14.6. The monoisotopic (exact) mass is 555 g/mol. The third-order valence-electron chi connectivity index (χ3n) is 6.07. The largest absolute Gasteiger partial charge is 0.514 e. The molecule has 39 heavy (non-hydrogen) atoms. The van der Waals surface area contributed by atoms with Crippen molar-refractivity contribution in [1.29, 1.82) is 0 Å². The van der Waals surface area contributed by atoms with Gasteiger partial charge in [-0.05, 0) is 78.5 Å². The third-order valence-corrected chi connectivity index (χ3v) is 6.07. The van der Waals surface area contributed by atoms with Crippen LogP contribution in [-0.2, 0) is 23.7 Å². The maximum absolute atomic E-state index is 12.6. The van der Waals surface area contributed by atoms with Crippen LogP contribution in [0.1, 0.15) is 86.1 Å². The van der Waals surface area contributed by atoms with Gasteiger partial charge in [0.1, 0.15) is 23.3 Å². The van der Waals surface area contributed by atoms with Crippen molar-refractivity contribution in [1.82, 2.24) is 0 Å². The Hall–Kier alpha value is -3.54. The van der Waals surface area contributed by atoms with E-state index in [1.807, 2.05) is 13.8 Å². The fourth-order valence-electron chi connectivity index (χ4n) is 3.12. The van der Waals surface area contributed by atoms with E-state index in [-0.39, 0.29) is 24.5 Å². The number of benzene rings is 1. The molecule has 0 aliphatic rings. The number of carbonyl (C=O) groups excluding carboxylic acids is 3. The summed E-state index contributed by atoms with van der Waals surface area (Å²) in [6, 6.07) is 2.69. The summed E-state index contributed by atoms with van der Waals surface area (Å²) in [7, 11) is 0. The smallest absolute Gasteiger partial charge is 0.480 e. The Bertz CT molecular complexity index is 1010. The topological polar surface area (TPSA) is 170 Å². The summed E-state index contributed by atoms with van der Waals surface area (Å²) in [5.74, 6) is -2.60. The molecule has 1 aromatic rings. The molecule has 1 aromatic carbocycles. The van der Waals surface area contributed by atoms with E-state index in [0.717, 1.165) is 0 Å². The Labute approximate surface area is 229 Å². The minimum absolute atomic E-state index is 0.00797. The molecule has 0 radical (unpaired) electrons. The van der Waals surface area contributed by atoms with E-state index in [1.54, 1.807) is 41.5 Å². The molecule has 2 unspecified atom stereocenters. The molecule has 0 aliphatic heterocycles. The van der Waals surface area contributed by atoms with Gasteiger partial charge < -0.3 is 39.3 Å². The van der Waals surface area contributed by atoms with Crippen LogP contribution in [-0.4, -0.2) is 59.5 Å². The summed E-state index contributed by atoms with van der Waals surface area (Å²) in [6.45, 7) is 13.7. The molecule has 0 amide bonds. The van der Waals surface area contributed by atoms with E-state index in [4.69, 9.17) is 34.2 Å². The van der Waals surface area contributed by atoms with Crippen LogP contribution in [0.4, 0.5) is 14.4 Å². The molecule has 0 saturated heterocycles. The predicted molar refractivity (Wildman–Crippen MR) is 140 cm³/mol. The van der Waals surface area contributed by atoms with Gasteiger partial charge in [0.25, 0.3) is 0 Å². The van der Waals surface area contributed by atoms with Crippen LogP contribution in [0.2, 0.25) is 0 Å². The first-order valence-electron chi connectivity index (χ1n) is 12.8. The molecule has 3 atom stereocenters. The summed E-state index contributed by atoms with van der Waals surface area (Å²) >= 11 is 0. The maximum atomic E-state index is 12.6. The fraction of sp³-hybridized carbons (Fsp3) is 0.630. The zero-order valence-electron chi connectivity index (χ0n) is 23.9. The number of rotatable bonds is 13. The Balaban J connectivity index is 3.42. The van der Waals surface area contributed by atoms with Crippen molar-refractivity contribution < 1.29 is 52.7 Å². The molecule has 220 valence electrons. The van der Waals surface area contributed by atoms with Gasteiger partial charge in [-0.15, -0.1) is 0 Å². The number of hydrogen-bond donors (Lipinski definition) is 2. The summed E-state index contributed by atoms with van der Waals surface area (Å²) in [5.41, 5.74) is 4.65. The minimum atomic E-state index is -1.42. The van der Waals surface area contributed by atoms with Gasteiger partial charge in [-0.1, -0.05) is 19.9 Å². The van der Waals surface area contributed by atoms with Gasteiger partial charge in [0.15, 0.2) is 11.5 Å². The van der Waals surface area contributed by atoms with Crippen molar-refractivity contribution in [2.75, 3.05) is 6.61 Å². The van der Waals surface area contributed by atoms with E-state index >= 15 is 0 Å². The zero-order chi connectivity index (χ0) is 30.0. The number of nitrogens with two attached hydrogens (primary N) is 1. The molecule has 0 heterocycles. The van der Waals surface area contributed by atoms with Crippen LogP contribution in [0, 0.1) is 0 Å². The second-order valence-corrected chi connectivity index (χ2v) is 10.2. The highest BCUT2D eigenvalue weighted by atomic mass is 16.8. The Morgan fingerprint density at radius 3 is 1.85 bits per heavy atom. The van der Waals surface area contributed by atoms with Crippen molar-refractivity contribution in [3.63, 3.8) is 0 Å². The van der Waals surface area contributed by atoms with Crippen molar-refractivity contribution in [3.05, 3.63) is 23.8 Å². The Morgan fingerprint density at radius 2 is 1.38 bits per heavy atom. The van der Waals surface area contributed by atoms with Gasteiger partial charge >= 0.3 is 24.4 Å². The minimum Gasteiger partial charge on any atom is -0.480 e. The molecule has 12 heteroatoms. The van der Waals surface area contributed by atoms with Gasteiger partial charge in [-0.25, -0.2) is 14.4 Å². The van der Waals surface area contributed by atoms with E-state index < -0.39 is 53.7 Å². The second-order valence-electron chi connectivity index (χ2n) is 10.2. The molecule has 1 rings (SSSR count). The molecular formula is C27H41NO11. The van der Waals surface area contributed by atoms with Gasteiger partial charge in [-0.2, -0.15) is 0 Å². The Kier molecular flexibility index (Phi) is 12.5. The standard InChI is InChI=1S/C27H41NO11/c1-9-26(5,6)38-24(32)36-19-13-12-17(15-20(19)37-25(33)39-27(7,8)10-2)18(21(28)22(29)30)14-16(4)35-23(31)34-11-3/h12-13,15-16,18,21H,9-11,14,28H2,1-8H3,(H,29,30)/t16?,18?,21-/m0/s1. The van der Waals surface area contributed by atoms with Crippen LogP contribution in [0.5, 0.6) is 11.5 Å². The lowest BCUT2D eigenvalue weighted by Crippen LogP contribution is -2.38. The molecule has 3 N–H and O–H groups in total. The quantitative estimate of drug-likeness (QED) is 0.177. The third kappa shape index (κ3) is 11.4. The summed E-state index contributed by atoms with van der Waals surface area (Å²) in [6.07, 6.45) is -2.77. The molecule has 0 saturated carbocycles. The van der Waals surface area contributed by atoms with Crippen molar-refractivity contribution in [2.45, 2.75) is 104 Å². The number of carboxylic acid groups (broad SMARTS) is 1. The van der Waals surface area contributed by atoms with Crippen LogP contribution in [0.15, 0.2) is 18.2 Å². The SMILES string of the molecule is CCOC(=O)OC(C)CC(c1ccc(OC(=O)OC(C)(C)CC)c(OC(=O)OC(C)(C)CC)c1)[C@H](N)C(=O)O. The highest BCUT2D eigenvalue weighted by Gasteiger charge is 2.31. The average Bonchev–Trinajstić information content (AvgIpc) is 2.82. The van der Waals surface area contributed by atoms with Crippen molar-refractivity contribution in [2.24, 2.45) is 5.73 Å². The lowest BCUT2D eigenvalue weighted by Gasteiger charge is -2.26. The van der Waals surface area contributed by atoms with Gasteiger partial charge in [-0.3, -0.25) is 4.79 Å². The Morgan fingerprint density at radius 1 is 0.872 bits per heavy atom. The summed E-state index contributed by atoms with van der Waals surface area (Å²) < 4.78 is 31.3. The van der Waals surface area contributed by atoms with E-state index in [1.165, 1.54) is 18.2 Å². The van der Waals surface area contributed by atoms with Crippen LogP contribution >= 0.6 is 0 Å². The van der Waals surface area contributed by atoms with Crippen LogP contribution < -0.4 is 15.2 Å². The lowest BCUT2D eigenvalue weighted by atomic mass is 9.87. The molecule has 12 nitrogen and oxygen atoms in total. The molecule has 0 aromatic heterocycles. The first-order valence-corrected chi connectivity index (χ1v) is 12.8. The lowest BCUT2D eigenvalue weighted by molar-refractivity contribution is -0.139. The molecule has 0 spiro atoms. The molecule has 0 bridgehead atoms. The summed E-state index contributed by atoms with van der Waals surface area (Å²) in [5, 5.41) is 9.62. The zero-order valence-corrected chi connectivity index (χ0v) is 23.9. The normalized spacial score (nSPS) is 13.9. The van der Waals surface area contributed by atoms with Crippen molar-refractivity contribution in [3.8, 4) is 11.5 Å². The highest BCUT2D eigenvalue weighted by Crippen LogP contribution is 2.35. The maximum Gasteiger partial charge on any atom is 0.514 e. The van der Waals surface area contributed by atoms with Crippen LogP contribution in [0.25, 0.3) is 0 Å². The first-order chi connectivity index (χ1) is 18.0. The molecule has 0 aliphatic carbocycles. The number of carbonyl (C=O) groups is 4. The number of hydrogen-bond acceptors (Lipinski definition) is 11. The van der Waals surface area contributed by atoms with Crippen LogP contribution in [0.3, 0.4) is 0 Å². The van der Waals surface area contributed by atoms with Gasteiger partial charge in [0.2, 0.25) is 0 Å². The highest BCUT2D eigenvalue weighted by molar-refractivity contribution is 5.75. The number of ether oxygens (including phenoxy) is 6. The average molecular weight is 556 g/mol. The van der Waals surface area contributed by atoms with Crippen molar-refractivity contribution >= 4 is 24.4 Å². The molecule has 0 fully saturated rings. The summed E-state index contributed by atoms with van der Waals surface area (Å²) in [4.78, 5) is 48.6. The van der Waals surface area contributed by atoms with E-state index in [2.05, 4.69) is 0 Å².